The lowest BCUT2D eigenvalue weighted by Crippen LogP contribution is -2.24. The number of nitrogens with one attached hydrogen (secondary N) is 1. The first kappa shape index (κ1) is 12.3. The van der Waals surface area contributed by atoms with Gasteiger partial charge in [0.05, 0.1) is 30.6 Å². The second-order valence-electron chi connectivity index (χ2n) is 5.02. The molecule has 3 heterocycles. The van der Waals surface area contributed by atoms with Gasteiger partial charge in [-0.3, -0.25) is 4.79 Å². The molecule has 0 bridgehead atoms. The maximum atomic E-state index is 11.9. The van der Waals surface area contributed by atoms with Crippen LogP contribution in [0.15, 0.2) is 12.4 Å². The molecule has 3 rings (SSSR count). The number of hydrogen-bond acceptors (Lipinski definition) is 5. The monoisotopic (exact) mass is 262 g/mol. The predicted molar refractivity (Wildman–Crippen MR) is 71.0 cm³/mol. The molecule has 1 unspecified atom stereocenters. The number of nitrogens with zero attached hydrogens (tertiary/aromatic N) is 3. The Morgan fingerprint density at radius 3 is 2.68 bits per heavy atom. The largest absolute Gasteiger partial charge is 0.381 e. The van der Waals surface area contributed by atoms with E-state index in [1.807, 2.05) is 0 Å². The molecule has 2 fully saturated rings. The molecule has 0 aromatic carbocycles. The van der Waals surface area contributed by atoms with Gasteiger partial charge in [-0.15, -0.1) is 0 Å². The normalized spacial score (nSPS) is 22.7. The third-order valence-electron chi connectivity index (χ3n) is 3.60. The molecule has 1 amide bonds. The number of rotatable bonds is 3. The van der Waals surface area contributed by atoms with Crippen molar-refractivity contribution in [2.24, 2.45) is 5.92 Å². The highest BCUT2D eigenvalue weighted by Gasteiger charge is 2.23. The maximum Gasteiger partial charge on any atom is 0.229 e. The van der Waals surface area contributed by atoms with E-state index < -0.39 is 0 Å². The molecule has 2 saturated heterocycles. The minimum absolute atomic E-state index is 0.00461. The third-order valence-corrected chi connectivity index (χ3v) is 3.60. The molecule has 102 valence electrons. The summed E-state index contributed by atoms with van der Waals surface area (Å²) >= 11 is 0. The Labute approximate surface area is 112 Å². The van der Waals surface area contributed by atoms with Gasteiger partial charge < -0.3 is 15.0 Å². The van der Waals surface area contributed by atoms with Crippen LogP contribution in [0.1, 0.15) is 19.3 Å². The summed E-state index contributed by atoms with van der Waals surface area (Å²) in [5, 5.41) is 2.84. The molecule has 1 atom stereocenters. The van der Waals surface area contributed by atoms with E-state index in [9.17, 15) is 4.79 Å². The average molecular weight is 262 g/mol. The third kappa shape index (κ3) is 2.84. The van der Waals surface area contributed by atoms with Gasteiger partial charge in [0.25, 0.3) is 0 Å². The molecule has 0 spiro atoms. The van der Waals surface area contributed by atoms with E-state index in [1.54, 1.807) is 12.4 Å². The summed E-state index contributed by atoms with van der Waals surface area (Å²) in [7, 11) is 0. The lowest BCUT2D eigenvalue weighted by Gasteiger charge is -2.15. The molecule has 1 aromatic heterocycles. The van der Waals surface area contributed by atoms with Crippen LogP contribution in [0.4, 0.5) is 11.6 Å². The molecule has 0 radical (unpaired) electrons. The second-order valence-corrected chi connectivity index (χ2v) is 5.02. The van der Waals surface area contributed by atoms with E-state index in [1.165, 1.54) is 12.8 Å². The minimum Gasteiger partial charge on any atom is -0.381 e. The standard InChI is InChI=1S/C13H18N4O2/c18-12(10-3-6-19-9-10)16-11-7-14-13(15-8-11)17-4-1-2-5-17/h7-8,10H,1-6,9H2,(H,16,18). The average Bonchev–Trinajstić information content (AvgIpc) is 3.13. The molecule has 1 N–H and O–H groups in total. The zero-order chi connectivity index (χ0) is 13.1. The van der Waals surface area contributed by atoms with Crippen molar-refractivity contribution >= 4 is 17.5 Å². The fraction of sp³-hybridized carbons (Fsp3) is 0.615. The summed E-state index contributed by atoms with van der Waals surface area (Å²) in [6.45, 7) is 3.22. The first-order valence-electron chi connectivity index (χ1n) is 6.78. The fourth-order valence-electron chi connectivity index (χ4n) is 2.45. The molecule has 0 saturated carbocycles. The molecule has 6 heteroatoms. The van der Waals surface area contributed by atoms with Gasteiger partial charge in [0.2, 0.25) is 11.9 Å². The van der Waals surface area contributed by atoms with Gasteiger partial charge >= 0.3 is 0 Å². The van der Waals surface area contributed by atoms with E-state index in [-0.39, 0.29) is 11.8 Å². The van der Waals surface area contributed by atoms with E-state index in [0.717, 1.165) is 25.5 Å². The number of anilines is 2. The number of amides is 1. The number of carbonyl (C=O) groups excluding carboxylic acids is 1. The van der Waals surface area contributed by atoms with Gasteiger partial charge in [-0.1, -0.05) is 0 Å². The van der Waals surface area contributed by atoms with Crippen molar-refractivity contribution in [3.8, 4) is 0 Å². The Hall–Kier alpha value is -1.69. The highest BCUT2D eigenvalue weighted by atomic mass is 16.5. The van der Waals surface area contributed by atoms with Gasteiger partial charge in [0, 0.05) is 19.7 Å². The molecule has 1 aromatic rings. The summed E-state index contributed by atoms with van der Waals surface area (Å²) in [6, 6.07) is 0. The van der Waals surface area contributed by atoms with Crippen LogP contribution in [-0.4, -0.2) is 42.2 Å². The molecular formula is C13H18N4O2. The molecule has 6 nitrogen and oxygen atoms in total. The van der Waals surface area contributed by atoms with E-state index >= 15 is 0 Å². The Balaban J connectivity index is 1.60. The smallest absolute Gasteiger partial charge is 0.229 e. The Bertz CT molecular complexity index is 436. The number of carbonyl (C=O) groups is 1. The summed E-state index contributed by atoms with van der Waals surface area (Å²) in [6.07, 6.45) is 6.54. The molecule has 19 heavy (non-hydrogen) atoms. The SMILES string of the molecule is O=C(Nc1cnc(N2CCCC2)nc1)C1CCOC1. The van der Waals surface area contributed by atoms with Crippen LogP contribution in [0, 0.1) is 5.92 Å². The van der Waals surface area contributed by atoms with Crippen molar-refractivity contribution < 1.29 is 9.53 Å². The van der Waals surface area contributed by atoms with Gasteiger partial charge in [0.15, 0.2) is 0 Å². The fourth-order valence-corrected chi connectivity index (χ4v) is 2.45. The van der Waals surface area contributed by atoms with Gasteiger partial charge in [-0.2, -0.15) is 0 Å². The molecule has 0 aliphatic carbocycles. The number of hydrogen-bond donors (Lipinski definition) is 1. The highest BCUT2D eigenvalue weighted by Crippen LogP contribution is 2.18. The van der Waals surface area contributed by atoms with Crippen LogP contribution in [0.3, 0.4) is 0 Å². The van der Waals surface area contributed by atoms with Crippen molar-refractivity contribution in [2.45, 2.75) is 19.3 Å². The van der Waals surface area contributed by atoms with Gasteiger partial charge in [-0.05, 0) is 19.3 Å². The van der Waals surface area contributed by atoms with E-state index in [4.69, 9.17) is 4.74 Å². The Morgan fingerprint density at radius 1 is 1.32 bits per heavy atom. The first-order chi connectivity index (χ1) is 9.33. The number of ether oxygens (including phenoxy) is 1. The van der Waals surface area contributed by atoms with Crippen molar-refractivity contribution in [2.75, 3.05) is 36.5 Å². The summed E-state index contributed by atoms with van der Waals surface area (Å²) in [5.41, 5.74) is 0.653. The lowest BCUT2D eigenvalue weighted by atomic mass is 10.1. The van der Waals surface area contributed by atoms with Crippen molar-refractivity contribution in [1.29, 1.82) is 0 Å². The van der Waals surface area contributed by atoms with Crippen molar-refractivity contribution in [3.05, 3.63) is 12.4 Å². The van der Waals surface area contributed by atoms with Crippen molar-refractivity contribution in [3.63, 3.8) is 0 Å². The van der Waals surface area contributed by atoms with Crippen LogP contribution in [0.25, 0.3) is 0 Å². The van der Waals surface area contributed by atoms with E-state index in [2.05, 4.69) is 20.2 Å². The maximum absolute atomic E-state index is 11.9. The van der Waals surface area contributed by atoms with Crippen LogP contribution < -0.4 is 10.2 Å². The highest BCUT2D eigenvalue weighted by molar-refractivity contribution is 5.92. The Kier molecular flexibility index (Phi) is 3.59. The summed E-state index contributed by atoms with van der Waals surface area (Å²) in [4.78, 5) is 22.7. The second kappa shape index (κ2) is 5.52. The first-order valence-corrected chi connectivity index (χ1v) is 6.78. The Morgan fingerprint density at radius 2 is 2.05 bits per heavy atom. The summed E-state index contributed by atoms with van der Waals surface area (Å²) < 4.78 is 5.20. The van der Waals surface area contributed by atoms with Crippen LogP contribution in [-0.2, 0) is 9.53 Å². The minimum atomic E-state index is -0.0433. The van der Waals surface area contributed by atoms with Crippen LogP contribution >= 0.6 is 0 Å². The quantitative estimate of drug-likeness (QED) is 0.882. The van der Waals surface area contributed by atoms with Gasteiger partial charge in [0.1, 0.15) is 0 Å². The predicted octanol–water partition coefficient (Wildman–Crippen LogP) is 1.05. The summed E-state index contributed by atoms with van der Waals surface area (Å²) in [5.74, 6) is 0.702. The zero-order valence-corrected chi connectivity index (χ0v) is 10.8. The van der Waals surface area contributed by atoms with Crippen LogP contribution in [0.2, 0.25) is 0 Å². The lowest BCUT2D eigenvalue weighted by molar-refractivity contribution is -0.119. The molecule has 2 aliphatic heterocycles. The van der Waals surface area contributed by atoms with E-state index in [0.29, 0.717) is 18.9 Å². The molecular weight excluding hydrogens is 244 g/mol. The molecule has 2 aliphatic rings. The topological polar surface area (TPSA) is 67.4 Å². The zero-order valence-electron chi connectivity index (χ0n) is 10.8. The van der Waals surface area contributed by atoms with Crippen molar-refractivity contribution in [1.82, 2.24) is 9.97 Å². The van der Waals surface area contributed by atoms with Crippen LogP contribution in [0.5, 0.6) is 0 Å². The number of aromatic nitrogens is 2. The van der Waals surface area contributed by atoms with Gasteiger partial charge in [-0.25, -0.2) is 9.97 Å².